The summed E-state index contributed by atoms with van der Waals surface area (Å²) in [6.07, 6.45) is 1.94. The van der Waals surface area contributed by atoms with Crippen molar-refractivity contribution < 1.29 is 13.9 Å². The lowest BCUT2D eigenvalue weighted by Crippen LogP contribution is -2.39. The highest BCUT2D eigenvalue weighted by Gasteiger charge is 2.34. The molecule has 0 spiro atoms. The van der Waals surface area contributed by atoms with Gasteiger partial charge in [-0.25, -0.2) is 4.39 Å². The van der Waals surface area contributed by atoms with Gasteiger partial charge in [-0.2, -0.15) is 0 Å². The lowest BCUT2D eigenvalue weighted by Gasteiger charge is -2.40. The van der Waals surface area contributed by atoms with Gasteiger partial charge in [0.2, 0.25) is 0 Å². The number of methoxy groups -OCH3 is 1. The summed E-state index contributed by atoms with van der Waals surface area (Å²) < 4.78 is 25.7. The van der Waals surface area contributed by atoms with E-state index < -0.39 is 0 Å². The number of nitrogens with one attached hydrogen (secondary N) is 1. The van der Waals surface area contributed by atoms with E-state index in [1.807, 2.05) is 6.07 Å². The molecular formula is C27H25FN2O2. The van der Waals surface area contributed by atoms with Crippen molar-refractivity contribution in [3.8, 4) is 11.5 Å². The minimum atomic E-state index is -0.253. The summed E-state index contributed by atoms with van der Waals surface area (Å²) in [5, 5.41) is 1.33. The summed E-state index contributed by atoms with van der Waals surface area (Å²) >= 11 is 0. The molecule has 162 valence electrons. The number of para-hydroxylation sites is 1. The quantitative estimate of drug-likeness (QED) is 0.463. The van der Waals surface area contributed by atoms with E-state index >= 15 is 0 Å². The van der Waals surface area contributed by atoms with Crippen molar-refractivity contribution in [2.45, 2.75) is 32.0 Å². The number of nitrogens with zero attached hydrogens (tertiary/aromatic N) is 1. The number of fused-ring (bicyclic) bond motifs is 6. The molecule has 0 aliphatic carbocycles. The van der Waals surface area contributed by atoms with Crippen LogP contribution in [0.15, 0.2) is 60.7 Å². The van der Waals surface area contributed by atoms with Crippen molar-refractivity contribution in [1.29, 1.82) is 0 Å². The van der Waals surface area contributed by atoms with E-state index in [1.54, 1.807) is 19.2 Å². The maximum atomic E-state index is 14.0. The van der Waals surface area contributed by atoms with Gasteiger partial charge in [-0.3, -0.25) is 4.90 Å². The van der Waals surface area contributed by atoms with Gasteiger partial charge >= 0.3 is 0 Å². The van der Waals surface area contributed by atoms with Crippen LogP contribution in [0.2, 0.25) is 0 Å². The summed E-state index contributed by atoms with van der Waals surface area (Å²) in [6, 6.07) is 19.8. The van der Waals surface area contributed by atoms with Gasteiger partial charge in [-0.1, -0.05) is 36.4 Å². The molecule has 1 aromatic heterocycles. The Bertz CT molecular complexity index is 1310. The molecule has 4 nitrogen and oxygen atoms in total. The number of ether oxygens (including phenoxy) is 2. The van der Waals surface area contributed by atoms with Crippen LogP contribution in [0.3, 0.4) is 0 Å². The smallest absolute Gasteiger partial charge is 0.161 e. The standard InChI is InChI=1S/C27H25FN2O2/c1-31-26-14-20-17(12-27(26)32-16-18-6-2-4-8-22(18)28)10-11-30-15-24-21(13-25(20)30)19-7-3-5-9-23(19)29-24/h2-9,12,14,25,29H,10-11,13,15-16H2,1H3. The summed E-state index contributed by atoms with van der Waals surface area (Å²) in [7, 11) is 1.66. The Morgan fingerprint density at radius 1 is 1.06 bits per heavy atom. The molecule has 1 atom stereocenters. The molecular weight excluding hydrogens is 403 g/mol. The summed E-state index contributed by atoms with van der Waals surface area (Å²) in [5.41, 5.74) is 7.11. The summed E-state index contributed by atoms with van der Waals surface area (Å²) in [6.45, 7) is 2.11. The molecule has 0 fully saturated rings. The zero-order valence-electron chi connectivity index (χ0n) is 18.0. The van der Waals surface area contributed by atoms with Crippen molar-refractivity contribution in [3.63, 3.8) is 0 Å². The first-order valence-corrected chi connectivity index (χ1v) is 11.1. The first-order chi connectivity index (χ1) is 15.7. The maximum absolute atomic E-state index is 14.0. The number of rotatable bonds is 4. The van der Waals surface area contributed by atoms with Gasteiger partial charge in [-0.05, 0) is 53.8 Å². The third kappa shape index (κ3) is 3.16. The topological polar surface area (TPSA) is 37.5 Å². The van der Waals surface area contributed by atoms with E-state index in [1.165, 1.54) is 39.4 Å². The number of H-pyrrole nitrogens is 1. The Labute approximate surface area is 186 Å². The van der Waals surface area contributed by atoms with Crippen molar-refractivity contribution >= 4 is 10.9 Å². The van der Waals surface area contributed by atoms with Gasteiger partial charge in [0.05, 0.1) is 7.11 Å². The predicted molar refractivity (Wildman–Crippen MR) is 123 cm³/mol. The van der Waals surface area contributed by atoms with Gasteiger partial charge in [0, 0.05) is 41.3 Å². The second-order valence-corrected chi connectivity index (χ2v) is 8.65. The Hall–Kier alpha value is -3.31. The van der Waals surface area contributed by atoms with Crippen molar-refractivity contribution in [2.24, 2.45) is 0 Å². The lowest BCUT2D eigenvalue weighted by atomic mass is 9.85. The molecule has 0 bridgehead atoms. The first kappa shape index (κ1) is 19.4. The fraction of sp³-hybridized carbons (Fsp3) is 0.259. The second-order valence-electron chi connectivity index (χ2n) is 8.65. The summed E-state index contributed by atoms with van der Waals surface area (Å²) in [5.74, 6) is 1.12. The van der Waals surface area contributed by atoms with Crippen molar-refractivity contribution in [2.75, 3.05) is 13.7 Å². The highest BCUT2D eigenvalue weighted by Crippen LogP contribution is 2.44. The van der Waals surface area contributed by atoms with E-state index in [4.69, 9.17) is 9.47 Å². The predicted octanol–water partition coefficient (Wildman–Crippen LogP) is 5.55. The number of aromatic amines is 1. The molecule has 0 saturated heterocycles. The monoisotopic (exact) mass is 428 g/mol. The van der Waals surface area contributed by atoms with Crippen LogP contribution in [-0.2, 0) is 26.0 Å². The van der Waals surface area contributed by atoms with Crippen LogP contribution in [0.5, 0.6) is 11.5 Å². The first-order valence-electron chi connectivity index (χ1n) is 11.1. The van der Waals surface area contributed by atoms with Crippen LogP contribution in [0.25, 0.3) is 10.9 Å². The molecule has 6 rings (SSSR count). The molecule has 0 radical (unpaired) electrons. The lowest BCUT2D eigenvalue weighted by molar-refractivity contribution is 0.158. The number of hydrogen-bond donors (Lipinski definition) is 1. The molecule has 4 aromatic rings. The Balaban J connectivity index is 1.33. The highest BCUT2D eigenvalue weighted by molar-refractivity contribution is 5.85. The zero-order chi connectivity index (χ0) is 21.7. The van der Waals surface area contributed by atoms with E-state index in [0.717, 1.165) is 25.9 Å². The molecule has 5 heteroatoms. The molecule has 0 amide bonds. The molecule has 2 aliphatic heterocycles. The fourth-order valence-electron chi connectivity index (χ4n) is 5.25. The Kier molecular flexibility index (Phi) is 4.65. The van der Waals surface area contributed by atoms with Crippen LogP contribution in [0, 0.1) is 5.82 Å². The van der Waals surface area contributed by atoms with Gasteiger partial charge in [0.25, 0.3) is 0 Å². The fourth-order valence-corrected chi connectivity index (χ4v) is 5.25. The van der Waals surface area contributed by atoms with Gasteiger partial charge in [0.15, 0.2) is 11.5 Å². The summed E-state index contributed by atoms with van der Waals surface area (Å²) in [4.78, 5) is 6.18. The molecule has 3 aromatic carbocycles. The molecule has 1 unspecified atom stereocenters. The molecule has 0 saturated carbocycles. The maximum Gasteiger partial charge on any atom is 0.161 e. The number of aromatic nitrogens is 1. The molecule has 3 heterocycles. The minimum Gasteiger partial charge on any atom is -0.493 e. The van der Waals surface area contributed by atoms with Crippen LogP contribution < -0.4 is 9.47 Å². The van der Waals surface area contributed by atoms with E-state index in [9.17, 15) is 4.39 Å². The Morgan fingerprint density at radius 3 is 2.78 bits per heavy atom. The van der Waals surface area contributed by atoms with Crippen molar-refractivity contribution in [3.05, 3.63) is 94.4 Å². The molecule has 32 heavy (non-hydrogen) atoms. The molecule has 2 aliphatic rings. The van der Waals surface area contributed by atoms with Crippen LogP contribution in [0.1, 0.15) is 34.0 Å². The average molecular weight is 429 g/mol. The molecule has 1 N–H and O–H groups in total. The van der Waals surface area contributed by atoms with Crippen LogP contribution >= 0.6 is 0 Å². The van der Waals surface area contributed by atoms with Crippen LogP contribution in [0.4, 0.5) is 4.39 Å². The largest absolute Gasteiger partial charge is 0.493 e. The third-order valence-electron chi connectivity index (χ3n) is 6.90. The zero-order valence-corrected chi connectivity index (χ0v) is 18.0. The minimum absolute atomic E-state index is 0.177. The van der Waals surface area contributed by atoms with Crippen molar-refractivity contribution in [1.82, 2.24) is 9.88 Å². The van der Waals surface area contributed by atoms with Crippen LogP contribution in [-0.4, -0.2) is 23.5 Å². The number of hydrogen-bond acceptors (Lipinski definition) is 3. The van der Waals surface area contributed by atoms with E-state index in [2.05, 4.69) is 46.3 Å². The van der Waals surface area contributed by atoms with E-state index in [-0.39, 0.29) is 12.4 Å². The number of halogens is 1. The normalized spacial score (nSPS) is 17.5. The van der Waals surface area contributed by atoms with Gasteiger partial charge < -0.3 is 14.5 Å². The van der Waals surface area contributed by atoms with E-state index in [0.29, 0.717) is 23.1 Å². The SMILES string of the molecule is COc1cc2c(cc1OCc1ccccc1F)CCN1Cc3[nH]c4ccccc4c3CC21. The number of benzene rings is 3. The third-order valence-corrected chi connectivity index (χ3v) is 6.90. The average Bonchev–Trinajstić information content (AvgIpc) is 3.19. The highest BCUT2D eigenvalue weighted by atomic mass is 19.1. The second kappa shape index (κ2) is 7.68. The Morgan fingerprint density at radius 2 is 1.91 bits per heavy atom. The van der Waals surface area contributed by atoms with Gasteiger partial charge in [0.1, 0.15) is 12.4 Å². The van der Waals surface area contributed by atoms with Gasteiger partial charge in [-0.15, -0.1) is 0 Å².